The van der Waals surface area contributed by atoms with Crippen LogP contribution in [0.4, 0.5) is 0 Å². The molecule has 0 saturated heterocycles. The van der Waals surface area contributed by atoms with Crippen molar-refractivity contribution in [1.29, 1.82) is 0 Å². The van der Waals surface area contributed by atoms with Crippen molar-refractivity contribution in [3.8, 4) is 0 Å². The Bertz CT molecular complexity index is 333. The van der Waals surface area contributed by atoms with E-state index in [1.54, 1.807) is 6.92 Å². The molecule has 8 heteroatoms. The van der Waals surface area contributed by atoms with Gasteiger partial charge in [0.25, 0.3) is 0 Å². The molecule has 3 N–H and O–H groups in total. The highest BCUT2D eigenvalue weighted by Gasteiger charge is 2.33. The molecule has 0 aliphatic heterocycles. The summed E-state index contributed by atoms with van der Waals surface area (Å²) in [6.07, 6.45) is 0.257. The zero-order chi connectivity index (χ0) is 13.5. The second-order valence-corrected chi connectivity index (χ2v) is 6.31. The highest BCUT2D eigenvalue weighted by molar-refractivity contribution is 8.93. The molecule has 0 amide bonds. The average Bonchev–Trinajstić information content (AvgIpc) is 2.23. The molecule has 110 valence electrons. The smallest absolute Gasteiger partial charge is 0.324 e. The summed E-state index contributed by atoms with van der Waals surface area (Å²) in [5, 5.41) is 1.41. The van der Waals surface area contributed by atoms with Gasteiger partial charge in [-0.15, -0.1) is 17.0 Å². The van der Waals surface area contributed by atoms with Gasteiger partial charge in [-0.1, -0.05) is 13.8 Å². The normalized spacial score (nSPS) is 12.9. The molecule has 1 unspecified atom stereocenters. The van der Waals surface area contributed by atoms with Gasteiger partial charge in [-0.25, -0.2) is 8.42 Å². The Balaban J connectivity index is 0. The number of rotatable bonds is 8. The van der Waals surface area contributed by atoms with Crippen LogP contribution in [-0.2, 0) is 19.4 Å². The molecule has 0 spiro atoms. The molecule has 0 aromatic carbocycles. The van der Waals surface area contributed by atoms with Crippen molar-refractivity contribution in [3.63, 3.8) is 0 Å². The summed E-state index contributed by atoms with van der Waals surface area (Å²) in [4.78, 5) is 11.6. The minimum atomic E-state index is -3.57. The Hall–Kier alpha value is -0.180. The van der Waals surface area contributed by atoms with Gasteiger partial charge in [-0.3, -0.25) is 10.1 Å². The zero-order valence-corrected chi connectivity index (χ0v) is 13.5. The largest absolute Gasteiger partial charge is 0.465 e. The van der Waals surface area contributed by atoms with Crippen LogP contribution in [0.5, 0.6) is 0 Å². The minimum absolute atomic E-state index is 0. The molecule has 0 aliphatic rings. The third-order valence-corrected chi connectivity index (χ3v) is 3.97. The second-order valence-electron chi connectivity index (χ2n) is 4.13. The third kappa shape index (κ3) is 7.30. The molecule has 18 heavy (non-hydrogen) atoms. The van der Waals surface area contributed by atoms with E-state index in [0.29, 0.717) is 0 Å². The Labute approximate surface area is 119 Å². The van der Waals surface area contributed by atoms with Crippen molar-refractivity contribution >= 4 is 32.8 Å². The minimum Gasteiger partial charge on any atom is -0.465 e. The van der Waals surface area contributed by atoms with Gasteiger partial charge in [-0.05, 0) is 19.3 Å². The molecule has 0 aliphatic carbocycles. The van der Waals surface area contributed by atoms with Crippen molar-refractivity contribution < 1.29 is 17.9 Å². The van der Waals surface area contributed by atoms with Crippen LogP contribution in [0.1, 0.15) is 27.2 Å². The van der Waals surface area contributed by atoms with Gasteiger partial charge in [0, 0.05) is 6.67 Å². The van der Waals surface area contributed by atoms with Crippen LogP contribution in [0.25, 0.3) is 0 Å². The number of hydrogen-bond acceptors (Lipinski definition) is 6. The highest BCUT2D eigenvalue weighted by Crippen LogP contribution is 2.15. The predicted octanol–water partition coefficient (Wildman–Crippen LogP) is 0.420. The van der Waals surface area contributed by atoms with E-state index in [2.05, 4.69) is 5.32 Å². The molecule has 0 fully saturated rings. The van der Waals surface area contributed by atoms with Crippen LogP contribution in [0.2, 0.25) is 0 Å². The van der Waals surface area contributed by atoms with Crippen LogP contribution in [0, 0.1) is 5.92 Å². The molecule has 0 radical (unpaired) electrons. The van der Waals surface area contributed by atoms with Crippen LogP contribution in [0.3, 0.4) is 0 Å². The fourth-order valence-corrected chi connectivity index (χ4v) is 3.00. The van der Waals surface area contributed by atoms with Gasteiger partial charge >= 0.3 is 5.97 Å². The van der Waals surface area contributed by atoms with E-state index in [1.165, 1.54) is 0 Å². The van der Waals surface area contributed by atoms with Crippen LogP contribution >= 0.6 is 17.0 Å². The van der Waals surface area contributed by atoms with Crippen LogP contribution in [0.15, 0.2) is 0 Å². The molecular formula is C10H23BrN2O4S. The van der Waals surface area contributed by atoms with E-state index < -0.39 is 21.1 Å². The number of esters is 1. The highest BCUT2D eigenvalue weighted by atomic mass is 79.9. The van der Waals surface area contributed by atoms with Crippen molar-refractivity contribution in [3.05, 3.63) is 0 Å². The number of nitrogens with two attached hydrogens (primary N) is 1. The van der Waals surface area contributed by atoms with E-state index in [0.717, 1.165) is 0 Å². The molecule has 0 bridgehead atoms. The van der Waals surface area contributed by atoms with Crippen molar-refractivity contribution in [2.75, 3.05) is 19.2 Å². The topological polar surface area (TPSA) is 98.5 Å². The molecule has 0 aromatic rings. The molecule has 1 atom stereocenters. The first-order valence-electron chi connectivity index (χ1n) is 5.64. The maximum Gasteiger partial charge on any atom is 0.324 e. The first-order valence-corrected chi connectivity index (χ1v) is 7.35. The molecule has 0 heterocycles. The number of carbonyl (C=O) groups excluding carboxylic acids is 1. The Kier molecular flexibility index (Phi) is 10.9. The quantitative estimate of drug-likeness (QED) is 0.488. The maximum absolute atomic E-state index is 11.9. The lowest BCUT2D eigenvalue weighted by molar-refractivity contribution is -0.142. The second kappa shape index (κ2) is 9.71. The standard InChI is InChI=1S/C10H22N2O4S.BrH/c1-4-16-10(13)9(5-8(2)3)17(14,15)7-12-6-11;/h8-9,12H,4-7,11H2,1-3H3;1H. The number of ether oxygens (including phenoxy) is 1. The summed E-state index contributed by atoms with van der Waals surface area (Å²) in [5.41, 5.74) is 5.18. The van der Waals surface area contributed by atoms with Crippen LogP contribution < -0.4 is 11.1 Å². The molecule has 0 rings (SSSR count). The fraction of sp³-hybridized carbons (Fsp3) is 0.900. The Morgan fingerprint density at radius 1 is 1.39 bits per heavy atom. The monoisotopic (exact) mass is 346 g/mol. The van der Waals surface area contributed by atoms with E-state index in [4.69, 9.17) is 10.5 Å². The zero-order valence-electron chi connectivity index (χ0n) is 11.0. The molecule has 0 saturated carbocycles. The van der Waals surface area contributed by atoms with Gasteiger partial charge in [0.1, 0.15) is 5.88 Å². The predicted molar refractivity (Wildman–Crippen MR) is 76.2 cm³/mol. The van der Waals surface area contributed by atoms with E-state index in [1.807, 2.05) is 13.8 Å². The van der Waals surface area contributed by atoms with Crippen molar-refractivity contribution in [1.82, 2.24) is 5.32 Å². The molecule has 0 aromatic heterocycles. The number of nitrogens with one attached hydrogen (secondary N) is 1. The van der Waals surface area contributed by atoms with E-state index in [-0.39, 0.29) is 48.5 Å². The maximum atomic E-state index is 11.9. The average molecular weight is 347 g/mol. The summed E-state index contributed by atoms with van der Waals surface area (Å²) < 4.78 is 28.6. The van der Waals surface area contributed by atoms with Gasteiger partial charge in [0.2, 0.25) is 0 Å². The number of carbonyl (C=O) groups is 1. The van der Waals surface area contributed by atoms with Gasteiger partial charge in [0.15, 0.2) is 15.1 Å². The lowest BCUT2D eigenvalue weighted by Crippen LogP contribution is -2.40. The first kappa shape index (κ1) is 20.1. The third-order valence-electron chi connectivity index (χ3n) is 2.12. The number of hydrogen-bond donors (Lipinski definition) is 2. The number of halogens is 1. The summed E-state index contributed by atoms with van der Waals surface area (Å²) in [6.45, 7) is 5.59. The van der Waals surface area contributed by atoms with Crippen molar-refractivity contribution in [2.45, 2.75) is 32.4 Å². The van der Waals surface area contributed by atoms with E-state index in [9.17, 15) is 13.2 Å². The fourth-order valence-electron chi connectivity index (χ4n) is 1.35. The van der Waals surface area contributed by atoms with Gasteiger partial charge in [0.05, 0.1) is 6.61 Å². The Morgan fingerprint density at radius 3 is 2.33 bits per heavy atom. The summed E-state index contributed by atoms with van der Waals surface area (Å²) in [5.74, 6) is -0.892. The molecule has 6 nitrogen and oxygen atoms in total. The van der Waals surface area contributed by atoms with Crippen LogP contribution in [-0.4, -0.2) is 38.8 Å². The van der Waals surface area contributed by atoms with E-state index >= 15 is 0 Å². The van der Waals surface area contributed by atoms with Crippen molar-refractivity contribution in [2.24, 2.45) is 11.7 Å². The lowest BCUT2D eigenvalue weighted by Gasteiger charge is -2.18. The molecular weight excluding hydrogens is 324 g/mol. The summed E-state index contributed by atoms with van der Waals surface area (Å²) in [7, 11) is -3.57. The number of sulfone groups is 1. The van der Waals surface area contributed by atoms with Gasteiger partial charge < -0.3 is 10.5 Å². The SMILES string of the molecule is Br.CCOC(=O)C(CC(C)C)S(=O)(=O)CNCN. The Morgan fingerprint density at radius 2 is 1.94 bits per heavy atom. The van der Waals surface area contributed by atoms with Gasteiger partial charge in [-0.2, -0.15) is 0 Å². The first-order chi connectivity index (χ1) is 7.85. The summed E-state index contributed by atoms with van der Waals surface area (Å²) in [6, 6.07) is 0. The summed E-state index contributed by atoms with van der Waals surface area (Å²) >= 11 is 0. The lowest BCUT2D eigenvalue weighted by atomic mass is 10.1.